The molecule has 5 nitrogen and oxygen atoms in total. The molecule has 13 heavy (non-hydrogen) atoms. The van der Waals surface area contributed by atoms with Gasteiger partial charge in [0.15, 0.2) is 0 Å². The van der Waals surface area contributed by atoms with Gasteiger partial charge in [0.25, 0.3) is 0 Å². The van der Waals surface area contributed by atoms with Crippen LogP contribution in [0.2, 0.25) is 0 Å². The second kappa shape index (κ2) is 3.23. The molecule has 0 spiro atoms. The molecule has 0 saturated heterocycles. The molecule has 1 rings (SSSR count). The number of anilines is 1. The first-order chi connectivity index (χ1) is 5.88. The van der Waals surface area contributed by atoms with Crippen LogP contribution in [0.3, 0.4) is 0 Å². The van der Waals surface area contributed by atoms with Gasteiger partial charge in [0.1, 0.15) is 5.75 Å². The maximum Gasteiger partial charge on any atom is 0.357 e. The van der Waals surface area contributed by atoms with Gasteiger partial charge >= 0.3 is 10.3 Å². The molecular weight excluding hydrogens is 194 g/mol. The van der Waals surface area contributed by atoms with Crippen LogP contribution in [-0.2, 0) is 10.3 Å². The second-order valence-electron chi connectivity index (χ2n) is 2.58. The van der Waals surface area contributed by atoms with Gasteiger partial charge in [-0.05, 0) is 30.7 Å². The Morgan fingerprint density at radius 2 is 2.00 bits per heavy atom. The number of nitrogens with one attached hydrogen (secondary N) is 1. The van der Waals surface area contributed by atoms with Gasteiger partial charge in [-0.1, -0.05) is 0 Å². The number of hydrogen-bond acceptors (Lipinski definition) is 3. The summed E-state index contributed by atoms with van der Waals surface area (Å²) in [5.41, 5.74) is 0.728. The van der Waals surface area contributed by atoms with Gasteiger partial charge < -0.3 is 5.11 Å². The third-order valence-corrected chi connectivity index (χ3v) is 1.94. The van der Waals surface area contributed by atoms with Crippen molar-refractivity contribution in [2.24, 2.45) is 0 Å². The highest BCUT2D eigenvalue weighted by Crippen LogP contribution is 2.20. The Bertz CT molecular complexity index is 413. The molecule has 1 aromatic rings. The predicted octanol–water partition coefficient (Wildman–Crippen LogP) is 0.915. The molecule has 0 aliphatic rings. The monoisotopic (exact) mass is 203 g/mol. The summed E-state index contributed by atoms with van der Waals surface area (Å²) < 4.78 is 31.1. The quantitative estimate of drug-likeness (QED) is 0.492. The van der Waals surface area contributed by atoms with E-state index in [0.29, 0.717) is 5.56 Å². The molecule has 0 unspecified atom stereocenters. The summed E-state index contributed by atoms with van der Waals surface area (Å²) in [6.07, 6.45) is 0. The third kappa shape index (κ3) is 2.92. The van der Waals surface area contributed by atoms with Gasteiger partial charge in [0, 0.05) is 0 Å². The summed E-state index contributed by atoms with van der Waals surface area (Å²) in [6.45, 7) is 1.62. The van der Waals surface area contributed by atoms with Crippen LogP contribution >= 0.6 is 0 Å². The molecule has 0 aliphatic carbocycles. The molecule has 0 bridgehead atoms. The van der Waals surface area contributed by atoms with E-state index in [-0.39, 0.29) is 11.4 Å². The Labute approximate surface area is 75.9 Å². The maximum absolute atomic E-state index is 10.4. The van der Waals surface area contributed by atoms with Crippen LogP contribution in [0.4, 0.5) is 5.69 Å². The van der Waals surface area contributed by atoms with Gasteiger partial charge in [0.05, 0.1) is 5.69 Å². The molecule has 0 amide bonds. The van der Waals surface area contributed by atoms with Crippen molar-refractivity contribution >= 4 is 16.0 Å². The first kappa shape index (κ1) is 9.82. The number of phenols is 1. The topological polar surface area (TPSA) is 86.6 Å². The Hall–Kier alpha value is -1.27. The van der Waals surface area contributed by atoms with Gasteiger partial charge in [-0.15, -0.1) is 0 Å². The summed E-state index contributed by atoms with van der Waals surface area (Å²) >= 11 is 0. The van der Waals surface area contributed by atoms with E-state index in [0.717, 1.165) is 0 Å². The van der Waals surface area contributed by atoms with E-state index in [9.17, 15) is 8.42 Å². The minimum Gasteiger partial charge on any atom is -0.508 e. The normalized spacial score (nSPS) is 11.2. The van der Waals surface area contributed by atoms with Crippen molar-refractivity contribution in [2.75, 3.05) is 4.72 Å². The third-order valence-electron chi connectivity index (χ3n) is 1.44. The SMILES string of the molecule is Cc1cc(NS(=O)(=O)O)ccc1O. The lowest BCUT2D eigenvalue weighted by molar-refractivity contribution is 0.471. The lowest BCUT2D eigenvalue weighted by Crippen LogP contribution is -2.10. The van der Waals surface area contributed by atoms with Gasteiger partial charge in [-0.3, -0.25) is 9.27 Å². The van der Waals surface area contributed by atoms with Crippen LogP contribution in [-0.4, -0.2) is 18.1 Å². The van der Waals surface area contributed by atoms with Gasteiger partial charge in [-0.2, -0.15) is 8.42 Å². The highest BCUT2D eigenvalue weighted by Gasteiger charge is 2.04. The summed E-state index contributed by atoms with van der Waals surface area (Å²) in [4.78, 5) is 0. The minimum absolute atomic E-state index is 0.0703. The number of aryl methyl sites for hydroxylation is 1. The van der Waals surface area contributed by atoms with Crippen molar-refractivity contribution in [3.8, 4) is 5.75 Å². The highest BCUT2D eigenvalue weighted by molar-refractivity contribution is 7.87. The largest absolute Gasteiger partial charge is 0.508 e. The first-order valence-corrected chi connectivity index (χ1v) is 4.87. The second-order valence-corrected chi connectivity index (χ2v) is 3.73. The molecule has 0 fully saturated rings. The predicted molar refractivity (Wildman–Crippen MR) is 48.0 cm³/mol. The Morgan fingerprint density at radius 3 is 2.46 bits per heavy atom. The van der Waals surface area contributed by atoms with E-state index in [2.05, 4.69) is 0 Å². The van der Waals surface area contributed by atoms with E-state index >= 15 is 0 Å². The minimum atomic E-state index is -4.24. The van der Waals surface area contributed by atoms with Gasteiger partial charge in [0.2, 0.25) is 0 Å². The van der Waals surface area contributed by atoms with Crippen LogP contribution in [0.15, 0.2) is 18.2 Å². The zero-order valence-electron chi connectivity index (χ0n) is 6.85. The van der Waals surface area contributed by atoms with Crippen LogP contribution in [0.1, 0.15) is 5.56 Å². The number of aromatic hydroxyl groups is 1. The van der Waals surface area contributed by atoms with Crippen molar-refractivity contribution in [1.82, 2.24) is 0 Å². The fourth-order valence-electron chi connectivity index (χ4n) is 0.868. The molecule has 6 heteroatoms. The molecule has 3 N–H and O–H groups in total. The Kier molecular flexibility index (Phi) is 2.44. The summed E-state index contributed by atoms with van der Waals surface area (Å²) in [5, 5.41) is 9.10. The zero-order chi connectivity index (χ0) is 10.1. The van der Waals surface area contributed by atoms with Crippen molar-refractivity contribution in [3.63, 3.8) is 0 Å². The molecule has 1 aromatic carbocycles. The number of phenolic OH excluding ortho intramolecular Hbond substituents is 1. The summed E-state index contributed by atoms with van der Waals surface area (Å²) in [7, 11) is -4.24. The summed E-state index contributed by atoms with van der Waals surface area (Å²) in [5.74, 6) is 0.0703. The molecule has 0 aromatic heterocycles. The first-order valence-electron chi connectivity index (χ1n) is 3.43. The Balaban J connectivity index is 2.99. The maximum atomic E-state index is 10.4. The van der Waals surface area contributed by atoms with Crippen molar-refractivity contribution in [2.45, 2.75) is 6.92 Å². The van der Waals surface area contributed by atoms with Crippen molar-refractivity contribution < 1.29 is 18.1 Å². The lowest BCUT2D eigenvalue weighted by Gasteiger charge is -2.04. The van der Waals surface area contributed by atoms with Crippen molar-refractivity contribution in [3.05, 3.63) is 23.8 Å². The smallest absolute Gasteiger partial charge is 0.357 e. The van der Waals surface area contributed by atoms with Crippen LogP contribution in [0.25, 0.3) is 0 Å². The van der Waals surface area contributed by atoms with E-state index in [4.69, 9.17) is 9.66 Å². The molecule has 0 aliphatic heterocycles. The van der Waals surface area contributed by atoms with Gasteiger partial charge in [-0.25, -0.2) is 0 Å². The number of benzene rings is 1. The summed E-state index contributed by atoms with van der Waals surface area (Å²) in [6, 6.07) is 4.09. The van der Waals surface area contributed by atoms with E-state index in [1.165, 1.54) is 18.2 Å². The number of rotatable bonds is 2. The van der Waals surface area contributed by atoms with Crippen LogP contribution in [0.5, 0.6) is 5.75 Å². The fraction of sp³-hybridized carbons (Fsp3) is 0.143. The molecule has 0 heterocycles. The average molecular weight is 203 g/mol. The fourth-order valence-corrected chi connectivity index (χ4v) is 1.29. The lowest BCUT2D eigenvalue weighted by atomic mass is 10.2. The van der Waals surface area contributed by atoms with E-state index in [1.807, 2.05) is 4.72 Å². The standard InChI is InChI=1S/C7H9NO4S/c1-5-4-6(2-3-7(5)9)8-13(10,11)12/h2-4,8-9H,1H3,(H,10,11,12). The molecular formula is C7H9NO4S. The van der Waals surface area contributed by atoms with Crippen LogP contribution in [0, 0.1) is 6.92 Å². The zero-order valence-corrected chi connectivity index (χ0v) is 7.67. The Morgan fingerprint density at radius 1 is 1.38 bits per heavy atom. The molecule has 0 saturated carbocycles. The molecule has 0 radical (unpaired) electrons. The highest BCUT2D eigenvalue weighted by atomic mass is 32.2. The van der Waals surface area contributed by atoms with E-state index in [1.54, 1.807) is 6.92 Å². The van der Waals surface area contributed by atoms with E-state index < -0.39 is 10.3 Å². The van der Waals surface area contributed by atoms with Crippen molar-refractivity contribution in [1.29, 1.82) is 0 Å². The number of hydrogen-bond donors (Lipinski definition) is 3. The molecule has 0 atom stereocenters. The molecule has 72 valence electrons. The van der Waals surface area contributed by atoms with Crippen LogP contribution < -0.4 is 4.72 Å². The average Bonchev–Trinajstić information content (AvgIpc) is 1.94.